The summed E-state index contributed by atoms with van der Waals surface area (Å²) in [5.74, 6) is 0. The van der Waals surface area contributed by atoms with E-state index in [9.17, 15) is 0 Å². The Morgan fingerprint density at radius 3 is 1.62 bits per heavy atom. The molecule has 0 unspecified atom stereocenters. The molecule has 0 spiro atoms. The van der Waals surface area contributed by atoms with Crippen LogP contribution in [0.4, 0.5) is 0 Å². The first-order chi connectivity index (χ1) is 2.64. The topological polar surface area (TPSA) is 34.7 Å². The average molecular weight is 194 g/mol. The second-order valence-corrected chi connectivity index (χ2v) is 2.29. The molecule has 0 saturated carbocycles. The number of thiocarbonyl (C=S) groups is 1. The van der Waals surface area contributed by atoms with Crippen molar-refractivity contribution in [3.63, 3.8) is 0 Å². The normalized spacial score (nSPS) is 5.88. The maximum Gasteiger partial charge on any atom is 0.132 e. The van der Waals surface area contributed by atoms with E-state index in [0.717, 1.165) is 0 Å². The molecule has 0 aromatic rings. The zero-order valence-electron chi connectivity index (χ0n) is 4.68. The van der Waals surface area contributed by atoms with E-state index < -0.39 is 0 Å². The Hall–Kier alpha value is 0.719. The minimum atomic E-state index is 0. The van der Waals surface area contributed by atoms with Crippen LogP contribution in [-0.4, -0.2) is 28.8 Å². The van der Waals surface area contributed by atoms with Crippen LogP contribution in [0.1, 0.15) is 0 Å². The van der Waals surface area contributed by atoms with Crippen LogP contribution in [0.5, 0.6) is 0 Å². The summed E-state index contributed by atoms with van der Waals surface area (Å²) < 4.78 is 0.620. The molecule has 0 aliphatic heterocycles. The molecule has 2 N–H and O–H groups in total. The Balaban J connectivity index is -0.000000125. The quantitative estimate of drug-likeness (QED) is 0.333. The molecule has 0 aromatic heterocycles. The Bertz CT molecular complexity index is 68.3. The molecule has 0 aliphatic rings. The predicted molar refractivity (Wildman–Crippen MR) is 38.9 cm³/mol. The van der Waals surface area contributed by atoms with E-state index in [4.69, 9.17) is 0 Å². The number of hydrogen-bond donors (Lipinski definition) is 1. The largest absolute Gasteiger partial charge is 0.412 e. The third-order valence-corrected chi connectivity index (χ3v) is 1.15. The number of rotatable bonds is 0. The maximum absolute atomic E-state index is 4.61. The second-order valence-electron chi connectivity index (χ2n) is 1.18. The summed E-state index contributed by atoms with van der Waals surface area (Å²) in [6.07, 6.45) is 0. The molecule has 8 heavy (non-hydrogen) atoms. The molecule has 0 bridgehead atoms. The summed E-state index contributed by atoms with van der Waals surface area (Å²) in [6.45, 7) is 0. The standard InChI is InChI=1S/C3H7NS2.Mn.H2O/c1-4(2)3(5)6;;/h1-2H3,(H,5,6);;1H2. The molecule has 0 rings (SSSR count). The fourth-order valence-electron chi connectivity index (χ4n) is 0. The Kier molecular flexibility index (Phi) is 15.3. The molecule has 51 valence electrons. The fraction of sp³-hybridized carbons (Fsp3) is 0.667. The van der Waals surface area contributed by atoms with E-state index in [2.05, 4.69) is 24.8 Å². The third-order valence-electron chi connectivity index (χ3n) is 0.383. The van der Waals surface area contributed by atoms with Gasteiger partial charge in [0.05, 0.1) is 0 Å². The number of hydrogen-bond acceptors (Lipinski definition) is 1. The summed E-state index contributed by atoms with van der Waals surface area (Å²) in [7, 11) is 3.71. The van der Waals surface area contributed by atoms with Gasteiger partial charge >= 0.3 is 0 Å². The van der Waals surface area contributed by atoms with Gasteiger partial charge < -0.3 is 10.4 Å². The van der Waals surface area contributed by atoms with Crippen LogP contribution in [-0.2, 0) is 17.1 Å². The summed E-state index contributed by atoms with van der Waals surface area (Å²) in [5.41, 5.74) is 0. The summed E-state index contributed by atoms with van der Waals surface area (Å²) in [6, 6.07) is 0. The molecular formula is C3H9MnNOS2. The van der Waals surface area contributed by atoms with Gasteiger partial charge in [0.25, 0.3) is 0 Å². The van der Waals surface area contributed by atoms with Crippen molar-refractivity contribution < 1.29 is 22.5 Å². The maximum atomic E-state index is 4.61. The average Bonchev–Trinajstić information content (AvgIpc) is 1.36. The van der Waals surface area contributed by atoms with Gasteiger partial charge in [-0.25, -0.2) is 0 Å². The smallest absolute Gasteiger partial charge is 0.132 e. The van der Waals surface area contributed by atoms with Gasteiger partial charge in [0, 0.05) is 31.2 Å². The van der Waals surface area contributed by atoms with Crippen molar-refractivity contribution in [3.8, 4) is 0 Å². The molecule has 1 radical (unpaired) electrons. The van der Waals surface area contributed by atoms with Gasteiger partial charge in [-0.15, -0.1) is 12.6 Å². The predicted octanol–water partition coefficient (Wildman–Crippen LogP) is -0.0645. The second kappa shape index (κ2) is 7.72. The third kappa shape index (κ3) is 9.87. The van der Waals surface area contributed by atoms with Crippen LogP contribution in [0.15, 0.2) is 0 Å². The molecule has 0 aliphatic carbocycles. The first kappa shape index (κ1) is 15.9. The van der Waals surface area contributed by atoms with Crippen molar-refractivity contribution in [3.05, 3.63) is 0 Å². The van der Waals surface area contributed by atoms with Crippen LogP contribution >= 0.6 is 24.8 Å². The molecule has 5 heteroatoms. The van der Waals surface area contributed by atoms with Gasteiger partial charge in [-0.05, 0) is 0 Å². The molecule has 0 atom stereocenters. The molecular weight excluding hydrogens is 185 g/mol. The van der Waals surface area contributed by atoms with E-state index in [1.165, 1.54) is 0 Å². The fourth-order valence-corrected chi connectivity index (χ4v) is 0. The molecule has 0 amide bonds. The van der Waals surface area contributed by atoms with Gasteiger partial charge in [0.2, 0.25) is 0 Å². The van der Waals surface area contributed by atoms with E-state index >= 15 is 0 Å². The van der Waals surface area contributed by atoms with Gasteiger partial charge in [-0.1, -0.05) is 12.2 Å². The van der Waals surface area contributed by atoms with Crippen LogP contribution in [0, 0.1) is 0 Å². The van der Waals surface area contributed by atoms with Crippen LogP contribution in [0.2, 0.25) is 0 Å². The SMILES string of the molecule is CN(C)C(=S)S.O.[Mn]. The molecule has 0 heterocycles. The zero-order chi connectivity index (χ0) is 5.15. The Morgan fingerprint density at radius 2 is 1.62 bits per heavy atom. The molecule has 0 saturated heterocycles. The summed E-state index contributed by atoms with van der Waals surface area (Å²) >= 11 is 8.46. The zero-order valence-corrected chi connectivity index (χ0v) is 7.57. The summed E-state index contributed by atoms with van der Waals surface area (Å²) in [5, 5.41) is 0. The van der Waals surface area contributed by atoms with Crippen molar-refractivity contribution in [1.29, 1.82) is 0 Å². The first-order valence-electron chi connectivity index (χ1n) is 1.55. The monoisotopic (exact) mass is 194 g/mol. The van der Waals surface area contributed by atoms with Gasteiger partial charge in [0.15, 0.2) is 0 Å². The van der Waals surface area contributed by atoms with E-state index in [1.54, 1.807) is 4.90 Å². The van der Waals surface area contributed by atoms with Crippen molar-refractivity contribution in [2.45, 2.75) is 0 Å². The molecule has 0 fully saturated rings. The van der Waals surface area contributed by atoms with Crippen molar-refractivity contribution in [2.75, 3.05) is 14.1 Å². The first-order valence-corrected chi connectivity index (χ1v) is 2.40. The van der Waals surface area contributed by atoms with Crippen LogP contribution < -0.4 is 0 Å². The number of nitrogens with zero attached hydrogens (tertiary/aromatic N) is 1. The minimum Gasteiger partial charge on any atom is -0.412 e. The van der Waals surface area contributed by atoms with Crippen LogP contribution in [0.25, 0.3) is 0 Å². The van der Waals surface area contributed by atoms with Gasteiger partial charge in [0.1, 0.15) is 4.32 Å². The van der Waals surface area contributed by atoms with Crippen molar-refractivity contribution in [2.24, 2.45) is 0 Å². The molecule has 0 aromatic carbocycles. The van der Waals surface area contributed by atoms with Crippen molar-refractivity contribution in [1.82, 2.24) is 4.90 Å². The molecule has 2 nitrogen and oxygen atoms in total. The van der Waals surface area contributed by atoms with Crippen molar-refractivity contribution >= 4 is 29.2 Å². The van der Waals surface area contributed by atoms with Gasteiger partial charge in [-0.3, -0.25) is 0 Å². The summed E-state index contributed by atoms with van der Waals surface area (Å²) in [4.78, 5) is 1.76. The van der Waals surface area contributed by atoms with Gasteiger partial charge in [-0.2, -0.15) is 0 Å². The van der Waals surface area contributed by atoms with Crippen LogP contribution in [0.3, 0.4) is 0 Å². The Labute approximate surface area is 70.8 Å². The van der Waals surface area contributed by atoms with E-state index in [0.29, 0.717) is 4.32 Å². The van der Waals surface area contributed by atoms with E-state index in [1.807, 2.05) is 14.1 Å². The number of thiol groups is 1. The Morgan fingerprint density at radius 1 is 1.50 bits per heavy atom. The minimum absolute atomic E-state index is 0. The van der Waals surface area contributed by atoms with E-state index in [-0.39, 0.29) is 22.5 Å².